The van der Waals surface area contributed by atoms with E-state index in [9.17, 15) is 22.0 Å². The number of benzene rings is 3. The van der Waals surface area contributed by atoms with Gasteiger partial charge in [-0.05, 0) is 59.5 Å². The van der Waals surface area contributed by atoms with Crippen LogP contribution < -0.4 is 15.4 Å². The number of hydrogen-bond acceptors (Lipinski definition) is 5. The van der Waals surface area contributed by atoms with Gasteiger partial charge in [0.2, 0.25) is 5.91 Å². The average molecular weight is 505 g/mol. The quantitative estimate of drug-likeness (QED) is 0.345. The lowest BCUT2D eigenvalue weighted by Crippen LogP contribution is -2.43. The third-order valence-corrected chi connectivity index (χ3v) is 5.64. The Morgan fingerprint density at radius 3 is 2.29 bits per heavy atom. The number of carbonyl (C=O) groups is 1. The molecule has 1 atom stereocenters. The molecule has 0 spiro atoms. The summed E-state index contributed by atoms with van der Waals surface area (Å²) in [6.45, 7) is 1.99. The molecule has 0 aliphatic heterocycles. The first-order valence-electron chi connectivity index (χ1n) is 10.8. The zero-order chi connectivity index (χ0) is 25.4. The van der Waals surface area contributed by atoms with E-state index in [0.29, 0.717) is 17.7 Å². The summed E-state index contributed by atoms with van der Waals surface area (Å²) >= 11 is 0. The van der Waals surface area contributed by atoms with Gasteiger partial charge in [0.15, 0.2) is 0 Å². The van der Waals surface area contributed by atoms with Crippen LogP contribution in [0.1, 0.15) is 29.2 Å². The molecule has 0 aromatic heterocycles. The highest BCUT2D eigenvalue weighted by molar-refractivity contribution is 7.85. The highest BCUT2D eigenvalue weighted by atomic mass is 32.2. The smallest absolute Gasteiger partial charge is 0.283 e. The van der Waals surface area contributed by atoms with Crippen LogP contribution in [0.5, 0.6) is 5.75 Å². The molecular formula is C25H26F2N2O5S. The van der Waals surface area contributed by atoms with Crippen molar-refractivity contribution in [3.05, 3.63) is 101 Å². The van der Waals surface area contributed by atoms with Crippen molar-refractivity contribution in [2.45, 2.75) is 32.5 Å². The Bertz CT molecular complexity index is 1280. The molecule has 35 heavy (non-hydrogen) atoms. The molecular weight excluding hydrogens is 478 g/mol. The van der Waals surface area contributed by atoms with E-state index in [4.69, 9.17) is 9.29 Å². The highest BCUT2D eigenvalue weighted by Gasteiger charge is 2.15. The largest absolute Gasteiger partial charge is 0.489 e. The van der Waals surface area contributed by atoms with Crippen LogP contribution in [0, 0.1) is 11.6 Å². The predicted octanol–water partition coefficient (Wildman–Crippen LogP) is 3.57. The Morgan fingerprint density at radius 1 is 0.971 bits per heavy atom. The average Bonchev–Trinajstić information content (AvgIpc) is 2.80. The molecule has 0 aliphatic carbocycles. The van der Waals surface area contributed by atoms with Gasteiger partial charge in [0, 0.05) is 13.0 Å². The topological polar surface area (TPSA) is 105 Å². The van der Waals surface area contributed by atoms with Gasteiger partial charge in [-0.25, -0.2) is 8.78 Å². The molecule has 3 rings (SSSR count). The molecule has 10 heteroatoms. The van der Waals surface area contributed by atoms with Crippen molar-refractivity contribution in [1.29, 1.82) is 0 Å². The van der Waals surface area contributed by atoms with Gasteiger partial charge in [-0.15, -0.1) is 0 Å². The fourth-order valence-electron chi connectivity index (χ4n) is 3.36. The Morgan fingerprint density at radius 2 is 1.63 bits per heavy atom. The fraction of sp³-hybridized carbons (Fsp3) is 0.240. The van der Waals surface area contributed by atoms with E-state index >= 15 is 0 Å². The maximum Gasteiger partial charge on any atom is 0.283 e. The molecule has 186 valence electrons. The van der Waals surface area contributed by atoms with Crippen molar-refractivity contribution >= 4 is 16.0 Å². The summed E-state index contributed by atoms with van der Waals surface area (Å²) in [5.74, 6) is -1.61. The minimum atomic E-state index is -4.31. The Kier molecular flexibility index (Phi) is 8.91. The first-order chi connectivity index (χ1) is 16.6. The summed E-state index contributed by atoms with van der Waals surface area (Å²) in [5, 5.41) is 5.12. The molecule has 7 nitrogen and oxygen atoms in total. The van der Waals surface area contributed by atoms with Crippen LogP contribution in [0.2, 0.25) is 0 Å². The van der Waals surface area contributed by atoms with E-state index in [2.05, 4.69) is 10.6 Å². The molecule has 0 bridgehead atoms. The number of carbonyl (C=O) groups excluding carboxylic acids is 1. The van der Waals surface area contributed by atoms with Gasteiger partial charge in [-0.3, -0.25) is 9.35 Å². The van der Waals surface area contributed by atoms with Gasteiger partial charge in [-0.2, -0.15) is 8.42 Å². The molecule has 3 N–H and O–H groups in total. The van der Waals surface area contributed by atoms with Crippen molar-refractivity contribution in [2.75, 3.05) is 5.88 Å². The molecule has 3 aromatic rings. The predicted molar refractivity (Wildman–Crippen MR) is 127 cm³/mol. The maximum absolute atomic E-state index is 13.7. The molecule has 0 fully saturated rings. The van der Waals surface area contributed by atoms with Gasteiger partial charge in [0.1, 0.15) is 29.9 Å². The summed E-state index contributed by atoms with van der Waals surface area (Å²) in [4.78, 5) is 12.0. The second-order valence-corrected chi connectivity index (χ2v) is 9.49. The standard InChI is InChI=1S/C25H26F2N2O5S/c1-17(25(30)29-16-35(31,32)33)28-14-19-8-9-24(34-15-20-5-3-7-23(27)13-20)21(11-19)10-18-4-2-6-22(26)12-18/h2-9,11-13,17,28H,10,14-16H2,1H3,(H,29,30)(H,31,32,33)/t17-/m0/s1. The van der Waals surface area contributed by atoms with Crippen LogP contribution >= 0.6 is 0 Å². The van der Waals surface area contributed by atoms with Gasteiger partial charge >= 0.3 is 0 Å². The number of ether oxygens (including phenoxy) is 1. The molecule has 0 unspecified atom stereocenters. The van der Waals surface area contributed by atoms with E-state index in [0.717, 1.165) is 16.7 Å². The Hall–Kier alpha value is -3.34. The molecule has 0 saturated carbocycles. The van der Waals surface area contributed by atoms with E-state index < -0.39 is 27.9 Å². The van der Waals surface area contributed by atoms with Crippen LogP contribution in [-0.2, 0) is 34.5 Å². The maximum atomic E-state index is 13.7. The zero-order valence-electron chi connectivity index (χ0n) is 19.0. The van der Waals surface area contributed by atoms with Crippen LogP contribution in [0.25, 0.3) is 0 Å². The zero-order valence-corrected chi connectivity index (χ0v) is 19.8. The molecule has 0 aliphatic rings. The molecule has 1 amide bonds. The number of amides is 1. The number of nitrogens with one attached hydrogen (secondary N) is 2. The van der Waals surface area contributed by atoms with Gasteiger partial charge < -0.3 is 15.4 Å². The van der Waals surface area contributed by atoms with E-state index in [1.165, 1.54) is 24.3 Å². The summed E-state index contributed by atoms with van der Waals surface area (Å²) in [6.07, 6.45) is 0.383. The minimum absolute atomic E-state index is 0.149. The summed E-state index contributed by atoms with van der Waals surface area (Å²) in [5.41, 5.74) is 2.99. The van der Waals surface area contributed by atoms with Gasteiger partial charge in [-0.1, -0.05) is 36.4 Å². The third-order valence-electron chi connectivity index (χ3n) is 5.13. The molecule has 0 saturated heterocycles. The van der Waals surface area contributed by atoms with E-state index in [-0.39, 0.29) is 24.8 Å². The van der Waals surface area contributed by atoms with Crippen molar-refractivity contribution < 1.29 is 31.3 Å². The van der Waals surface area contributed by atoms with Gasteiger partial charge in [0.05, 0.1) is 6.04 Å². The Balaban J connectivity index is 1.73. The van der Waals surface area contributed by atoms with E-state index in [1.807, 2.05) is 6.07 Å². The van der Waals surface area contributed by atoms with Crippen LogP contribution in [-0.4, -0.2) is 30.8 Å². The molecule has 0 heterocycles. The van der Waals surface area contributed by atoms with Crippen molar-refractivity contribution in [3.8, 4) is 5.75 Å². The first kappa shape index (κ1) is 26.3. The minimum Gasteiger partial charge on any atom is -0.489 e. The van der Waals surface area contributed by atoms with Crippen molar-refractivity contribution in [1.82, 2.24) is 10.6 Å². The number of rotatable bonds is 11. The molecule has 0 radical (unpaired) electrons. The summed E-state index contributed by atoms with van der Waals surface area (Å²) in [6, 6.07) is 17.0. The lowest BCUT2D eigenvalue weighted by molar-refractivity contribution is -0.122. The lowest BCUT2D eigenvalue weighted by Gasteiger charge is -2.16. The SMILES string of the molecule is C[C@H](NCc1ccc(OCc2cccc(F)c2)c(Cc2cccc(F)c2)c1)C(=O)NCS(=O)(=O)O. The molecule has 3 aromatic carbocycles. The highest BCUT2D eigenvalue weighted by Crippen LogP contribution is 2.25. The van der Waals surface area contributed by atoms with Gasteiger partial charge in [0.25, 0.3) is 10.1 Å². The van der Waals surface area contributed by atoms with Crippen LogP contribution in [0.3, 0.4) is 0 Å². The number of halogens is 2. The monoisotopic (exact) mass is 504 g/mol. The second kappa shape index (κ2) is 11.9. The van der Waals surface area contributed by atoms with Crippen LogP contribution in [0.15, 0.2) is 66.7 Å². The number of hydrogen-bond donors (Lipinski definition) is 3. The van der Waals surface area contributed by atoms with E-state index in [1.54, 1.807) is 43.3 Å². The first-order valence-corrected chi connectivity index (χ1v) is 12.4. The summed E-state index contributed by atoms with van der Waals surface area (Å²) < 4.78 is 63.5. The third kappa shape index (κ3) is 8.75. The van der Waals surface area contributed by atoms with Crippen molar-refractivity contribution in [2.24, 2.45) is 0 Å². The van der Waals surface area contributed by atoms with Crippen LogP contribution in [0.4, 0.5) is 8.78 Å². The lowest BCUT2D eigenvalue weighted by atomic mass is 10.0. The fourth-order valence-corrected chi connectivity index (χ4v) is 3.68. The second-order valence-electron chi connectivity index (χ2n) is 8.04. The Labute approximate surface area is 202 Å². The van der Waals surface area contributed by atoms with Crippen molar-refractivity contribution in [3.63, 3.8) is 0 Å². The summed E-state index contributed by atoms with van der Waals surface area (Å²) in [7, 11) is -4.31. The normalized spacial score (nSPS) is 12.2.